The molecule has 1 aliphatic carbocycles. The fourth-order valence-corrected chi connectivity index (χ4v) is 4.10. The predicted molar refractivity (Wildman–Crippen MR) is 92.0 cm³/mol. The molecule has 1 N–H and O–H groups in total. The van der Waals surface area contributed by atoms with Crippen LogP contribution in [0, 0.1) is 17.8 Å². The molecule has 1 aromatic carbocycles. The molecule has 3 rings (SSSR count). The fourth-order valence-electron chi connectivity index (χ4n) is 4.10. The molecule has 4 atom stereocenters. The number of hydrogen-bond donors (Lipinski definition) is 1. The Hall–Kier alpha value is -1.35. The molecule has 3 nitrogen and oxygen atoms in total. The third kappa shape index (κ3) is 3.77. The zero-order valence-electron chi connectivity index (χ0n) is 14.5. The molecule has 0 bridgehead atoms. The van der Waals surface area contributed by atoms with Gasteiger partial charge in [0.2, 0.25) is 0 Å². The second-order valence-electron chi connectivity index (χ2n) is 7.71. The summed E-state index contributed by atoms with van der Waals surface area (Å²) >= 11 is 0. The summed E-state index contributed by atoms with van der Waals surface area (Å²) in [6, 6.07) is 8.15. The van der Waals surface area contributed by atoms with Crippen LogP contribution in [0.25, 0.3) is 0 Å². The van der Waals surface area contributed by atoms with Crippen molar-refractivity contribution in [3.8, 4) is 0 Å². The summed E-state index contributed by atoms with van der Waals surface area (Å²) in [4.78, 5) is 12.7. The smallest absolute Gasteiger partial charge is 0.323 e. The molecule has 1 aromatic rings. The highest BCUT2D eigenvalue weighted by atomic mass is 16.5. The number of fused-ring (bicyclic) bond motifs is 1. The van der Waals surface area contributed by atoms with Crippen molar-refractivity contribution < 1.29 is 9.53 Å². The van der Waals surface area contributed by atoms with Crippen molar-refractivity contribution in [3.05, 3.63) is 35.4 Å². The number of benzene rings is 1. The van der Waals surface area contributed by atoms with E-state index in [2.05, 4.69) is 44.3 Å². The van der Waals surface area contributed by atoms with Gasteiger partial charge in [0.15, 0.2) is 0 Å². The van der Waals surface area contributed by atoms with Gasteiger partial charge in [-0.25, -0.2) is 0 Å². The molecule has 0 saturated heterocycles. The van der Waals surface area contributed by atoms with Gasteiger partial charge in [-0.05, 0) is 48.1 Å². The summed E-state index contributed by atoms with van der Waals surface area (Å²) in [5, 5.41) is 3.35. The highest BCUT2D eigenvalue weighted by Gasteiger charge is 2.35. The third-order valence-corrected chi connectivity index (χ3v) is 5.59. The first kappa shape index (κ1) is 16.5. The minimum absolute atomic E-state index is 0.0655. The van der Waals surface area contributed by atoms with Crippen LogP contribution < -0.4 is 5.32 Å². The van der Waals surface area contributed by atoms with Crippen LogP contribution in [0.15, 0.2) is 24.3 Å². The number of ether oxygens (including phenoxy) is 1. The standard InChI is InChI=1S/C20H29NO2/c1-13(2)17-9-8-14(3)10-19(17)23-20(22)18-11-15-6-4-5-7-16(15)12-21-18/h4-7,13-14,17-19,21H,8-12H2,1-3H3/t14?,17?,18-,19?/m1/s1. The number of nitrogens with one attached hydrogen (secondary N) is 1. The molecule has 1 fully saturated rings. The second-order valence-corrected chi connectivity index (χ2v) is 7.71. The summed E-state index contributed by atoms with van der Waals surface area (Å²) in [7, 11) is 0. The summed E-state index contributed by atoms with van der Waals surface area (Å²) in [5.41, 5.74) is 2.56. The van der Waals surface area contributed by atoms with Crippen LogP contribution in [0.2, 0.25) is 0 Å². The maximum Gasteiger partial charge on any atom is 0.323 e. The molecule has 1 heterocycles. The Morgan fingerprint density at radius 3 is 2.70 bits per heavy atom. The van der Waals surface area contributed by atoms with Crippen molar-refractivity contribution in [1.29, 1.82) is 0 Å². The molecule has 0 amide bonds. The lowest BCUT2D eigenvalue weighted by Gasteiger charge is -2.37. The van der Waals surface area contributed by atoms with E-state index in [-0.39, 0.29) is 18.1 Å². The van der Waals surface area contributed by atoms with Crippen LogP contribution in [0.1, 0.15) is 51.2 Å². The van der Waals surface area contributed by atoms with Gasteiger partial charge in [-0.15, -0.1) is 0 Å². The molecule has 2 aliphatic rings. The van der Waals surface area contributed by atoms with Crippen molar-refractivity contribution in [2.45, 2.75) is 65.1 Å². The lowest BCUT2D eigenvalue weighted by Crippen LogP contribution is -2.46. The first-order valence-electron chi connectivity index (χ1n) is 9.05. The van der Waals surface area contributed by atoms with Crippen LogP contribution in [-0.2, 0) is 22.5 Å². The average Bonchev–Trinajstić information content (AvgIpc) is 2.54. The van der Waals surface area contributed by atoms with Gasteiger partial charge in [0.05, 0.1) is 0 Å². The molecule has 126 valence electrons. The molecule has 3 heteroatoms. The van der Waals surface area contributed by atoms with Crippen LogP contribution in [-0.4, -0.2) is 18.1 Å². The highest BCUT2D eigenvalue weighted by molar-refractivity contribution is 5.77. The van der Waals surface area contributed by atoms with Gasteiger partial charge < -0.3 is 10.1 Å². The van der Waals surface area contributed by atoms with Crippen LogP contribution in [0.5, 0.6) is 0 Å². The number of carbonyl (C=O) groups excluding carboxylic acids is 1. The fraction of sp³-hybridized carbons (Fsp3) is 0.650. The summed E-state index contributed by atoms with van der Waals surface area (Å²) in [6.07, 6.45) is 4.27. The summed E-state index contributed by atoms with van der Waals surface area (Å²) in [6.45, 7) is 7.52. The third-order valence-electron chi connectivity index (χ3n) is 5.59. The lowest BCUT2D eigenvalue weighted by atomic mass is 9.75. The zero-order valence-corrected chi connectivity index (χ0v) is 14.5. The normalized spacial score (nSPS) is 30.8. The van der Waals surface area contributed by atoms with Crippen molar-refractivity contribution >= 4 is 5.97 Å². The van der Waals surface area contributed by atoms with E-state index in [1.54, 1.807) is 0 Å². The van der Waals surface area contributed by atoms with Crippen LogP contribution in [0.4, 0.5) is 0 Å². The molecule has 0 spiro atoms. The van der Waals surface area contributed by atoms with Gasteiger partial charge in [-0.2, -0.15) is 0 Å². The predicted octanol–water partition coefficient (Wildman–Crippen LogP) is 3.70. The second kappa shape index (κ2) is 7.04. The van der Waals surface area contributed by atoms with Gasteiger partial charge in [0, 0.05) is 6.54 Å². The number of carbonyl (C=O) groups is 1. The van der Waals surface area contributed by atoms with E-state index in [1.807, 2.05) is 6.07 Å². The molecule has 1 aliphatic heterocycles. The first-order valence-corrected chi connectivity index (χ1v) is 9.05. The molecular formula is C20H29NO2. The van der Waals surface area contributed by atoms with Gasteiger partial charge in [0.1, 0.15) is 12.1 Å². The summed E-state index contributed by atoms with van der Waals surface area (Å²) < 4.78 is 5.99. The monoisotopic (exact) mass is 315 g/mol. The molecule has 0 aromatic heterocycles. The van der Waals surface area contributed by atoms with E-state index >= 15 is 0 Å². The van der Waals surface area contributed by atoms with Crippen molar-refractivity contribution in [3.63, 3.8) is 0 Å². The van der Waals surface area contributed by atoms with E-state index in [9.17, 15) is 4.79 Å². The Labute approximate surface area is 139 Å². The van der Waals surface area contributed by atoms with E-state index < -0.39 is 0 Å². The number of esters is 1. The maximum atomic E-state index is 12.7. The first-order chi connectivity index (χ1) is 11.0. The average molecular weight is 315 g/mol. The van der Waals surface area contributed by atoms with E-state index in [0.717, 1.165) is 19.4 Å². The molecule has 3 unspecified atom stereocenters. The zero-order chi connectivity index (χ0) is 16.4. The number of rotatable bonds is 3. The van der Waals surface area contributed by atoms with Gasteiger partial charge in [-0.1, -0.05) is 51.5 Å². The highest BCUT2D eigenvalue weighted by Crippen LogP contribution is 2.35. The van der Waals surface area contributed by atoms with Crippen molar-refractivity contribution in [1.82, 2.24) is 5.32 Å². The Balaban J connectivity index is 1.64. The minimum Gasteiger partial charge on any atom is -0.461 e. The topological polar surface area (TPSA) is 38.3 Å². The van der Waals surface area contributed by atoms with Gasteiger partial charge in [-0.3, -0.25) is 4.79 Å². The maximum absolute atomic E-state index is 12.7. The minimum atomic E-state index is -0.199. The van der Waals surface area contributed by atoms with E-state index in [4.69, 9.17) is 4.74 Å². The largest absolute Gasteiger partial charge is 0.461 e. The Morgan fingerprint density at radius 1 is 1.22 bits per heavy atom. The van der Waals surface area contributed by atoms with E-state index in [1.165, 1.54) is 24.0 Å². The molecule has 0 radical (unpaired) electrons. The Kier molecular flexibility index (Phi) is 5.05. The lowest BCUT2D eigenvalue weighted by molar-refractivity contribution is -0.158. The van der Waals surface area contributed by atoms with Gasteiger partial charge >= 0.3 is 5.97 Å². The van der Waals surface area contributed by atoms with Gasteiger partial charge in [0.25, 0.3) is 0 Å². The molecule has 23 heavy (non-hydrogen) atoms. The summed E-state index contributed by atoms with van der Waals surface area (Å²) in [5.74, 6) is 1.67. The van der Waals surface area contributed by atoms with Crippen LogP contribution >= 0.6 is 0 Å². The quantitative estimate of drug-likeness (QED) is 0.864. The van der Waals surface area contributed by atoms with E-state index in [0.29, 0.717) is 17.8 Å². The Bertz CT molecular complexity index is 554. The van der Waals surface area contributed by atoms with Crippen LogP contribution in [0.3, 0.4) is 0 Å². The van der Waals surface area contributed by atoms with Crippen molar-refractivity contribution in [2.24, 2.45) is 17.8 Å². The Morgan fingerprint density at radius 2 is 1.96 bits per heavy atom. The molecular weight excluding hydrogens is 286 g/mol. The SMILES string of the molecule is CC1CCC(C(C)C)C(OC(=O)[C@H]2Cc3ccccc3CN2)C1. The van der Waals surface area contributed by atoms with Crippen molar-refractivity contribution in [2.75, 3.05) is 0 Å². The molecule has 1 saturated carbocycles. The number of hydrogen-bond acceptors (Lipinski definition) is 3.